The zero-order chi connectivity index (χ0) is 19.1. The molecule has 3 atom stereocenters. The molecule has 0 aromatic rings. The van der Waals surface area contributed by atoms with Crippen molar-refractivity contribution >= 4 is 19.6 Å². The summed E-state index contributed by atoms with van der Waals surface area (Å²) in [5, 5.41) is 14.3. The van der Waals surface area contributed by atoms with Crippen molar-refractivity contribution in [2.24, 2.45) is 0 Å². The van der Waals surface area contributed by atoms with Gasteiger partial charge in [0, 0.05) is 6.61 Å². The highest BCUT2D eigenvalue weighted by Crippen LogP contribution is 2.41. The normalized spacial score (nSPS) is 22.7. The molecular formula is C14H24N3O7P. The van der Waals surface area contributed by atoms with Gasteiger partial charge < -0.3 is 18.7 Å². The number of carbonyl (C=O) groups excluding carboxylic acids is 2. The second kappa shape index (κ2) is 9.27. The molecule has 2 N–H and O–H groups in total. The molecule has 0 radical (unpaired) electrons. The molecule has 0 saturated carbocycles. The summed E-state index contributed by atoms with van der Waals surface area (Å²) < 4.78 is 33.0. The van der Waals surface area contributed by atoms with E-state index in [9.17, 15) is 19.4 Å². The van der Waals surface area contributed by atoms with Crippen LogP contribution in [0, 0.1) is 11.3 Å². The maximum absolute atomic E-state index is 13.1. The molecule has 142 valence electrons. The number of esters is 2. The molecule has 1 rings (SSSR count). The van der Waals surface area contributed by atoms with Gasteiger partial charge in [0.25, 0.3) is 0 Å². The minimum Gasteiger partial charge on any atom is -0.468 e. The van der Waals surface area contributed by atoms with E-state index < -0.39 is 37.3 Å². The van der Waals surface area contributed by atoms with E-state index in [4.69, 9.17) is 9.26 Å². The molecule has 1 heterocycles. The van der Waals surface area contributed by atoms with E-state index >= 15 is 0 Å². The van der Waals surface area contributed by atoms with Gasteiger partial charge in [0.1, 0.15) is 18.2 Å². The van der Waals surface area contributed by atoms with Gasteiger partial charge in [-0.15, -0.1) is 0 Å². The van der Waals surface area contributed by atoms with Crippen molar-refractivity contribution in [3.05, 3.63) is 0 Å². The van der Waals surface area contributed by atoms with Crippen LogP contribution in [0.2, 0.25) is 0 Å². The first kappa shape index (κ1) is 21.5. The molecule has 0 bridgehead atoms. The topological polar surface area (TPSA) is 136 Å². The molecule has 0 spiro atoms. The van der Waals surface area contributed by atoms with E-state index in [0.29, 0.717) is 19.4 Å². The number of carbonyl (C=O) groups is 2. The number of hydrogen-bond donors (Lipinski definition) is 2. The van der Waals surface area contributed by atoms with Gasteiger partial charge in [-0.3, -0.25) is 14.2 Å². The Kier molecular flexibility index (Phi) is 7.99. The van der Waals surface area contributed by atoms with Crippen molar-refractivity contribution < 1.29 is 32.9 Å². The van der Waals surface area contributed by atoms with Crippen molar-refractivity contribution in [2.45, 2.75) is 44.4 Å². The van der Waals surface area contributed by atoms with Gasteiger partial charge >= 0.3 is 19.6 Å². The van der Waals surface area contributed by atoms with E-state index in [0.717, 1.165) is 0 Å². The number of ether oxygens (including phenoxy) is 3. The average molecular weight is 377 g/mol. The van der Waals surface area contributed by atoms with Crippen molar-refractivity contribution in [2.75, 3.05) is 27.4 Å². The van der Waals surface area contributed by atoms with Crippen LogP contribution in [0.4, 0.5) is 0 Å². The standard InChI is InChI=1S/C14H24N3O7P/c1-10(12(18)21-3)16-25(20,17-11(2)13(19)22-4)24-9-14(8-15)6-5-7-23-14/h10-11H,5-7,9H2,1-4H3,(H2,16,17,20)/t10-,11-,14?/m0/s1. The van der Waals surface area contributed by atoms with E-state index in [1.807, 2.05) is 6.07 Å². The fraction of sp³-hybridized carbons (Fsp3) is 0.786. The van der Waals surface area contributed by atoms with E-state index in [1.165, 1.54) is 28.1 Å². The van der Waals surface area contributed by atoms with Crippen LogP contribution < -0.4 is 10.2 Å². The van der Waals surface area contributed by atoms with Crippen molar-refractivity contribution in [1.29, 1.82) is 5.26 Å². The van der Waals surface area contributed by atoms with Crippen molar-refractivity contribution in [3.8, 4) is 6.07 Å². The van der Waals surface area contributed by atoms with Crippen LogP contribution in [0.1, 0.15) is 26.7 Å². The molecule has 1 aliphatic rings. The number of methoxy groups -OCH3 is 2. The molecule has 1 saturated heterocycles. The predicted octanol–water partition coefficient (Wildman–Crippen LogP) is 0.486. The van der Waals surface area contributed by atoms with Gasteiger partial charge in [-0.1, -0.05) is 0 Å². The second-order valence-electron chi connectivity index (χ2n) is 5.63. The Balaban J connectivity index is 2.89. The summed E-state index contributed by atoms with van der Waals surface area (Å²) in [6, 6.07) is 0.0650. The summed E-state index contributed by atoms with van der Waals surface area (Å²) in [5.41, 5.74) is -1.21. The van der Waals surface area contributed by atoms with Gasteiger partial charge in [0.2, 0.25) is 0 Å². The Morgan fingerprint density at radius 2 is 1.76 bits per heavy atom. The third kappa shape index (κ3) is 6.06. The zero-order valence-corrected chi connectivity index (χ0v) is 15.6. The van der Waals surface area contributed by atoms with E-state index in [2.05, 4.69) is 19.6 Å². The van der Waals surface area contributed by atoms with Gasteiger partial charge in [0.15, 0.2) is 5.60 Å². The lowest BCUT2D eigenvalue weighted by Crippen LogP contribution is -2.43. The maximum atomic E-state index is 13.1. The highest BCUT2D eigenvalue weighted by atomic mass is 31.2. The third-order valence-corrected chi connectivity index (χ3v) is 5.57. The highest BCUT2D eigenvalue weighted by molar-refractivity contribution is 7.54. The summed E-state index contributed by atoms with van der Waals surface area (Å²) in [6.45, 7) is 2.97. The molecular weight excluding hydrogens is 353 g/mol. The molecule has 1 fully saturated rings. The van der Waals surface area contributed by atoms with Crippen LogP contribution in [0.3, 0.4) is 0 Å². The second-order valence-corrected chi connectivity index (χ2v) is 7.51. The minimum atomic E-state index is -3.91. The SMILES string of the molecule is COC(=O)[C@H](C)NP(=O)(N[C@@H](C)C(=O)OC)OCC1(C#N)CCCO1. The molecule has 1 aliphatic heterocycles. The summed E-state index contributed by atoms with van der Waals surface area (Å²) in [4.78, 5) is 23.2. The van der Waals surface area contributed by atoms with Crippen LogP contribution in [0.25, 0.3) is 0 Å². The zero-order valence-electron chi connectivity index (χ0n) is 14.7. The van der Waals surface area contributed by atoms with Gasteiger partial charge in [-0.25, -0.2) is 10.2 Å². The van der Waals surface area contributed by atoms with Crippen LogP contribution in [0.5, 0.6) is 0 Å². The molecule has 1 unspecified atom stereocenters. The Bertz CT molecular complexity index is 543. The van der Waals surface area contributed by atoms with Gasteiger partial charge in [0.05, 0.1) is 20.8 Å². The van der Waals surface area contributed by atoms with E-state index in [1.54, 1.807) is 0 Å². The monoisotopic (exact) mass is 377 g/mol. The Morgan fingerprint density at radius 1 is 1.24 bits per heavy atom. The summed E-state index contributed by atoms with van der Waals surface area (Å²) >= 11 is 0. The highest BCUT2D eigenvalue weighted by Gasteiger charge is 2.40. The summed E-state index contributed by atoms with van der Waals surface area (Å²) in [7, 11) is -1.53. The first-order valence-corrected chi connectivity index (χ1v) is 9.34. The average Bonchev–Trinajstić information content (AvgIpc) is 3.07. The Hall–Kier alpha value is -1.50. The molecule has 0 aliphatic carbocycles. The lowest BCUT2D eigenvalue weighted by molar-refractivity contribution is -0.142. The molecule has 0 amide bonds. The number of rotatable bonds is 9. The number of hydrogen-bond acceptors (Lipinski definition) is 8. The lowest BCUT2D eigenvalue weighted by atomic mass is 10.0. The first-order valence-electron chi connectivity index (χ1n) is 7.72. The summed E-state index contributed by atoms with van der Waals surface area (Å²) in [6.07, 6.45) is 1.11. The van der Waals surface area contributed by atoms with Gasteiger partial charge in [-0.05, 0) is 26.7 Å². The third-order valence-electron chi connectivity index (χ3n) is 3.62. The first-order chi connectivity index (χ1) is 11.7. The largest absolute Gasteiger partial charge is 0.468 e. The molecule has 10 nitrogen and oxygen atoms in total. The quantitative estimate of drug-likeness (QED) is 0.431. The van der Waals surface area contributed by atoms with Crippen molar-refractivity contribution in [3.63, 3.8) is 0 Å². The predicted molar refractivity (Wildman–Crippen MR) is 86.3 cm³/mol. The Labute approximate surface area is 146 Å². The molecule has 0 aromatic carbocycles. The number of nitrogens with zero attached hydrogens (tertiary/aromatic N) is 1. The van der Waals surface area contributed by atoms with Crippen LogP contribution in [-0.2, 0) is 32.9 Å². The molecule has 11 heteroatoms. The fourth-order valence-corrected chi connectivity index (χ4v) is 4.05. The molecule has 25 heavy (non-hydrogen) atoms. The van der Waals surface area contributed by atoms with Crippen molar-refractivity contribution in [1.82, 2.24) is 10.2 Å². The summed E-state index contributed by atoms with van der Waals surface area (Å²) in [5.74, 6) is -1.33. The van der Waals surface area contributed by atoms with Crippen LogP contribution in [-0.4, -0.2) is 57.1 Å². The number of nitrogens with one attached hydrogen (secondary N) is 2. The smallest absolute Gasteiger partial charge is 0.342 e. The molecule has 0 aromatic heterocycles. The van der Waals surface area contributed by atoms with Gasteiger partial charge in [-0.2, -0.15) is 5.26 Å². The minimum absolute atomic E-state index is 0.289. The lowest BCUT2D eigenvalue weighted by Gasteiger charge is -2.28. The maximum Gasteiger partial charge on any atom is 0.342 e. The van der Waals surface area contributed by atoms with Crippen LogP contribution in [0.15, 0.2) is 0 Å². The van der Waals surface area contributed by atoms with E-state index in [-0.39, 0.29) is 6.61 Å². The van der Waals surface area contributed by atoms with Crippen LogP contribution >= 0.6 is 7.67 Å². The fourth-order valence-electron chi connectivity index (χ4n) is 2.21. The number of nitriles is 1. The Morgan fingerprint density at radius 3 is 2.12 bits per heavy atom.